The van der Waals surface area contributed by atoms with Gasteiger partial charge in [-0.2, -0.15) is 0 Å². The number of likely N-dealkylation sites (tertiary alicyclic amines) is 1. The number of amides is 2. The van der Waals surface area contributed by atoms with Crippen LogP contribution in [0.4, 0.5) is 4.79 Å². The number of methoxy groups -OCH3 is 1. The fourth-order valence-corrected chi connectivity index (χ4v) is 7.26. The van der Waals surface area contributed by atoms with Gasteiger partial charge in [0.2, 0.25) is 5.37 Å². The molecule has 8 nitrogen and oxygen atoms in total. The second-order valence-corrected chi connectivity index (χ2v) is 10.7. The van der Waals surface area contributed by atoms with Gasteiger partial charge in [0.1, 0.15) is 12.6 Å². The molecule has 2 amide bonds. The van der Waals surface area contributed by atoms with Crippen LogP contribution in [0.1, 0.15) is 38.7 Å². The molecule has 4 atom stereocenters. The van der Waals surface area contributed by atoms with Crippen LogP contribution in [-0.4, -0.2) is 59.5 Å². The molecule has 0 radical (unpaired) electrons. The number of quaternary nitrogens is 1. The number of nitrogens with one attached hydrogen (secondary N) is 1. The van der Waals surface area contributed by atoms with E-state index in [1.807, 2.05) is 30.3 Å². The zero-order valence-electron chi connectivity index (χ0n) is 19.5. The molecule has 1 fully saturated rings. The Bertz CT molecular complexity index is 854. The number of β-lactam (4-membered cyclic amide) rings is 1. The van der Waals surface area contributed by atoms with E-state index in [-0.39, 0.29) is 12.2 Å². The largest absolute Gasteiger partial charge is 0.544 e. The lowest BCUT2D eigenvalue weighted by molar-refractivity contribution is -0.901. The van der Waals surface area contributed by atoms with E-state index < -0.39 is 39.6 Å². The van der Waals surface area contributed by atoms with E-state index in [0.29, 0.717) is 0 Å². The minimum absolute atomic E-state index is 0.0177. The van der Waals surface area contributed by atoms with E-state index in [9.17, 15) is 19.5 Å². The van der Waals surface area contributed by atoms with E-state index in [2.05, 4.69) is 18.8 Å². The lowest BCUT2D eigenvalue weighted by Crippen LogP contribution is -2.90. The van der Waals surface area contributed by atoms with Gasteiger partial charge in [0.05, 0.1) is 7.05 Å². The maximum Gasteiger partial charge on any atom is 0.410 e. The van der Waals surface area contributed by atoms with Gasteiger partial charge < -0.3 is 19.4 Å². The van der Waals surface area contributed by atoms with Gasteiger partial charge in [0.15, 0.2) is 6.04 Å². The van der Waals surface area contributed by atoms with Gasteiger partial charge in [-0.1, -0.05) is 67.5 Å². The van der Waals surface area contributed by atoms with Crippen LogP contribution in [0.25, 0.3) is 0 Å². The summed E-state index contributed by atoms with van der Waals surface area (Å²) in [7, 11) is 5.65. The van der Waals surface area contributed by atoms with Gasteiger partial charge in [-0.3, -0.25) is 5.32 Å². The molecule has 0 saturated carbocycles. The maximum atomic E-state index is 13.5. The van der Waals surface area contributed by atoms with Crippen molar-refractivity contribution in [2.24, 2.45) is 0 Å². The number of likely N-dealkylation sites (N-methyl/N-ethyl adjacent to an activating group) is 1. The van der Waals surface area contributed by atoms with E-state index in [0.717, 1.165) is 30.6 Å². The molecule has 0 aromatic heterocycles. The quantitative estimate of drug-likeness (QED) is 0.111. The Morgan fingerprint density at radius 2 is 1.97 bits per heavy atom. The molecule has 1 heterocycles. The molecule has 1 aliphatic heterocycles. The van der Waals surface area contributed by atoms with Crippen molar-refractivity contribution in [3.8, 4) is 0 Å². The minimum Gasteiger partial charge on any atom is -0.544 e. The van der Waals surface area contributed by atoms with Gasteiger partial charge in [-0.15, -0.1) is 0 Å². The summed E-state index contributed by atoms with van der Waals surface area (Å²) in [5.74, 6) is -1.20. The second kappa shape index (κ2) is 11.9. The number of unbranched alkanes of at least 4 members (excludes halogenated alkanes) is 2. The highest BCUT2D eigenvalue weighted by Gasteiger charge is 2.77. The minimum atomic E-state index is -1.74. The van der Waals surface area contributed by atoms with Crippen LogP contribution in [0, 0.1) is 0 Å². The molecule has 33 heavy (non-hydrogen) atoms. The predicted molar refractivity (Wildman–Crippen MR) is 128 cm³/mol. The third-order valence-corrected chi connectivity index (χ3v) is 8.63. The third-order valence-electron chi connectivity index (χ3n) is 5.63. The first kappa shape index (κ1) is 27.2. The number of ether oxygens (including phenoxy) is 2. The van der Waals surface area contributed by atoms with Gasteiger partial charge in [-0.25, -0.2) is 14.1 Å². The Labute approximate surface area is 203 Å². The average molecular weight is 497 g/mol. The number of nitrogens with zero attached hydrogens (tertiary/aromatic N) is 1. The zero-order valence-corrected chi connectivity index (χ0v) is 21.1. The number of carbonyl (C=O) groups is 3. The molecule has 2 unspecified atom stereocenters. The Balaban J connectivity index is 2.25. The van der Waals surface area contributed by atoms with Crippen LogP contribution < -0.4 is 10.4 Å². The van der Waals surface area contributed by atoms with E-state index in [4.69, 9.17) is 9.47 Å². The lowest BCUT2D eigenvalue weighted by atomic mass is 9.91. The summed E-state index contributed by atoms with van der Waals surface area (Å²) in [6, 6.07) is 7.84. The number of carboxylic acid groups (broad SMARTS) is 1. The second-order valence-electron chi connectivity index (χ2n) is 8.12. The van der Waals surface area contributed by atoms with Crippen LogP contribution in [0.15, 0.2) is 42.5 Å². The van der Waals surface area contributed by atoms with E-state index >= 15 is 0 Å². The van der Waals surface area contributed by atoms with Gasteiger partial charge in [-0.05, 0) is 35.3 Å². The smallest absolute Gasteiger partial charge is 0.410 e. The number of rotatable bonds is 13. The van der Waals surface area contributed by atoms with Crippen LogP contribution in [0.3, 0.4) is 0 Å². The predicted octanol–water partition coefficient (Wildman–Crippen LogP) is 2.83. The van der Waals surface area contributed by atoms with Gasteiger partial charge in [0.25, 0.3) is 0 Å². The fourth-order valence-electron chi connectivity index (χ4n) is 3.96. The average Bonchev–Trinajstić information content (AvgIpc) is 2.78. The highest BCUT2D eigenvalue weighted by molar-refractivity contribution is 8.76. The van der Waals surface area contributed by atoms with Crippen molar-refractivity contribution in [2.45, 2.75) is 56.9 Å². The first-order chi connectivity index (χ1) is 15.6. The molecule has 1 aromatic rings. The Morgan fingerprint density at radius 1 is 1.30 bits per heavy atom. The maximum absolute atomic E-state index is 13.5. The summed E-state index contributed by atoms with van der Waals surface area (Å²) in [6.07, 6.45) is 2.29. The summed E-state index contributed by atoms with van der Waals surface area (Å²) in [4.78, 5) is 38.0. The fraction of sp³-hybridized carbons (Fsp3) is 0.522. The van der Waals surface area contributed by atoms with Crippen LogP contribution >= 0.6 is 21.6 Å². The molecule has 1 N–H and O–H groups in total. The molecule has 1 aromatic carbocycles. The normalized spacial score (nSPS) is 25.1. The van der Waals surface area contributed by atoms with E-state index in [1.165, 1.54) is 35.7 Å². The lowest BCUT2D eigenvalue weighted by Gasteiger charge is -2.58. The van der Waals surface area contributed by atoms with Gasteiger partial charge >= 0.3 is 17.7 Å². The molecule has 2 rings (SSSR count). The SMILES string of the molecule is C=C(C)C(C(=O)[O-])[N+]1(C)C(=O)[C@@](NC(=O)OCc2ccccc2)(OC)[C@@H]1SSCCCCC. The molecular weight excluding hydrogens is 464 g/mol. The van der Waals surface area contributed by atoms with Crippen LogP contribution in [0.2, 0.25) is 0 Å². The third kappa shape index (κ3) is 5.74. The topological polar surface area (TPSA) is 105 Å². The number of hydrogen-bond acceptors (Lipinski definition) is 8. The van der Waals surface area contributed by atoms with Crippen molar-refractivity contribution >= 4 is 39.6 Å². The van der Waals surface area contributed by atoms with Gasteiger partial charge in [0, 0.05) is 12.9 Å². The monoisotopic (exact) mass is 496 g/mol. The molecular formula is C23H32N2O6S2. The Morgan fingerprint density at radius 3 is 2.52 bits per heavy atom. The molecule has 0 spiro atoms. The number of carbonyl (C=O) groups excluding carboxylic acids is 3. The summed E-state index contributed by atoms with van der Waals surface area (Å²) in [5.41, 5.74) is -0.672. The number of alkyl carbamates (subject to hydrolysis) is 1. The standard InChI is InChI=1S/C23H32N2O6S2/c1-6-7-11-14-32-33-21-23(30-5,20(28)25(21,4)18(16(2)3)19(26)27)24-22(29)31-15-17-12-9-8-10-13-17/h8-10,12-13,18,21H,2,6-7,11,14-15H2,1,3-5H3,(H-,24,26,27,29)/t18?,21-,23+,25?/m0/s1. The first-order valence-corrected chi connectivity index (χ1v) is 13.1. The molecule has 10 heteroatoms. The zero-order chi connectivity index (χ0) is 24.6. The summed E-state index contributed by atoms with van der Waals surface area (Å²) >= 11 is 0. The Kier molecular flexibility index (Phi) is 9.84. The first-order valence-electron chi connectivity index (χ1n) is 10.7. The highest BCUT2D eigenvalue weighted by Crippen LogP contribution is 2.51. The van der Waals surface area contributed by atoms with Crippen LogP contribution in [0.5, 0.6) is 0 Å². The highest BCUT2D eigenvalue weighted by atomic mass is 33.1. The van der Waals surface area contributed by atoms with Crippen molar-refractivity contribution in [3.05, 3.63) is 48.0 Å². The number of carboxylic acids is 1. The molecule has 1 aliphatic rings. The molecule has 182 valence electrons. The number of aliphatic carboxylic acids is 1. The van der Waals surface area contributed by atoms with Crippen LogP contribution in [-0.2, 0) is 25.7 Å². The van der Waals surface area contributed by atoms with E-state index in [1.54, 1.807) is 6.92 Å². The van der Waals surface area contributed by atoms with Crippen molar-refractivity contribution in [3.63, 3.8) is 0 Å². The number of hydrogen-bond donors (Lipinski definition) is 1. The summed E-state index contributed by atoms with van der Waals surface area (Å²) in [5, 5.41) is 13.8. The number of benzene rings is 1. The van der Waals surface area contributed by atoms with Crippen molar-refractivity contribution in [1.82, 2.24) is 5.32 Å². The van der Waals surface area contributed by atoms with Crippen molar-refractivity contribution in [1.29, 1.82) is 0 Å². The molecule has 0 bridgehead atoms. The van der Waals surface area contributed by atoms with Crippen molar-refractivity contribution in [2.75, 3.05) is 19.9 Å². The summed E-state index contributed by atoms with van der Waals surface area (Å²) < 4.78 is 10.3. The summed E-state index contributed by atoms with van der Waals surface area (Å²) in [6.45, 7) is 7.42. The molecule has 1 saturated heterocycles. The Hall–Kier alpha value is -2.01. The van der Waals surface area contributed by atoms with Crippen molar-refractivity contribution < 1.29 is 33.4 Å². The molecule has 0 aliphatic carbocycles.